The number of ether oxygens (including phenoxy) is 2. The molecule has 306 valence electrons. The third-order valence-corrected chi connectivity index (χ3v) is 5.99. The summed E-state index contributed by atoms with van der Waals surface area (Å²) in [5, 5.41) is 0. The molecule has 0 aromatic carbocycles. The Labute approximate surface area is 281 Å². The minimum atomic E-state index is -4.62. The van der Waals surface area contributed by atoms with Gasteiger partial charge in [-0.2, -0.15) is 61.5 Å². The normalized spacial score (nSPS) is 17.8. The van der Waals surface area contributed by atoms with E-state index in [-0.39, 0.29) is 59.6 Å². The van der Waals surface area contributed by atoms with Crippen molar-refractivity contribution in [2.45, 2.75) is 18.5 Å². The maximum Gasteiger partial charge on any atom is 0.433 e. The van der Waals surface area contributed by atoms with Gasteiger partial charge in [0.2, 0.25) is 0 Å². The first-order valence-corrected chi connectivity index (χ1v) is 13.7. The SMILES string of the molecule is CN(C)/C(F)=C/C(F)(F)F.CN1CCN(/C(F)=C/C(F)(F)F)CC1.F.F.F.F/C=C(\N1CCOCC1)C(F)(F)F.FC(F)=C(F)N1CCOCC1. The number of rotatable bonds is 4. The number of hydrogen-bond donors (Lipinski definition) is 0. The van der Waals surface area contributed by atoms with Gasteiger partial charge < -0.3 is 34.0 Å². The predicted octanol–water partition coefficient (Wildman–Crippen LogP) is 7.03. The molecule has 3 aliphatic rings. The fraction of sp³-hybridized carbons (Fsp3) is 0.692. The van der Waals surface area contributed by atoms with E-state index in [1.165, 1.54) is 14.1 Å². The molecule has 0 spiro atoms. The second-order valence-electron chi connectivity index (χ2n) is 9.94. The molecule has 3 fully saturated rings. The summed E-state index contributed by atoms with van der Waals surface area (Å²) in [5.41, 5.74) is -1.23. The second-order valence-corrected chi connectivity index (χ2v) is 9.94. The minimum absolute atomic E-state index is 0. The molecule has 0 saturated carbocycles. The number of nitrogens with zero attached hydrogens (tertiary/aromatic N) is 5. The van der Waals surface area contributed by atoms with Crippen LogP contribution in [0.25, 0.3) is 0 Å². The first-order valence-electron chi connectivity index (χ1n) is 13.7. The van der Waals surface area contributed by atoms with E-state index in [0.717, 1.165) is 19.6 Å². The molecule has 0 aromatic heterocycles. The fourth-order valence-corrected chi connectivity index (χ4v) is 3.50. The van der Waals surface area contributed by atoms with Gasteiger partial charge in [0.1, 0.15) is 12.0 Å². The Morgan fingerprint density at radius 3 is 1.27 bits per heavy atom. The molecule has 0 atom stereocenters. The molecule has 25 heteroatoms. The summed E-state index contributed by atoms with van der Waals surface area (Å²) in [7, 11) is 4.23. The van der Waals surface area contributed by atoms with Gasteiger partial charge in [0.15, 0.2) is 11.9 Å². The van der Waals surface area contributed by atoms with Crippen molar-refractivity contribution in [1.82, 2.24) is 24.5 Å². The number of hydrogen-bond acceptors (Lipinski definition) is 7. The molecule has 0 amide bonds. The molecule has 3 aliphatic heterocycles. The van der Waals surface area contributed by atoms with Gasteiger partial charge in [-0.15, -0.1) is 0 Å². The maximum atomic E-state index is 13.0. The van der Waals surface area contributed by atoms with Gasteiger partial charge >= 0.3 is 24.6 Å². The molecular weight excluding hydrogens is 756 g/mol. The highest BCUT2D eigenvalue weighted by atomic mass is 19.4. The van der Waals surface area contributed by atoms with E-state index in [9.17, 15) is 65.9 Å². The lowest BCUT2D eigenvalue weighted by Crippen LogP contribution is -2.43. The summed E-state index contributed by atoms with van der Waals surface area (Å²) in [6.07, 6.45) is -17.1. The van der Waals surface area contributed by atoms with Crippen LogP contribution in [-0.4, -0.2) is 143 Å². The number of halogens is 18. The van der Waals surface area contributed by atoms with Crippen molar-refractivity contribution in [2.75, 3.05) is 99.9 Å². The van der Waals surface area contributed by atoms with Crippen molar-refractivity contribution < 1.29 is 89.4 Å². The van der Waals surface area contributed by atoms with Crippen LogP contribution in [0.15, 0.2) is 48.1 Å². The number of allylic oxidation sites excluding steroid dienone is 3. The van der Waals surface area contributed by atoms with Crippen LogP contribution >= 0.6 is 0 Å². The summed E-state index contributed by atoms with van der Waals surface area (Å²) >= 11 is 0. The molecule has 3 heterocycles. The fourth-order valence-electron chi connectivity index (χ4n) is 3.50. The molecule has 0 aliphatic carbocycles. The Hall–Kier alpha value is -3.22. The standard InChI is InChI=1S/C8H12F4N2.C7H9F4NO.C6H8F3NO.C5H7F4N.3FH/c1-13-2-4-14(5-3-13)7(9)6-8(10,11)12;8-5-6(7(9,10)11)12-1-3-13-4-2-12;7-5(8)6(9)10-1-3-11-4-2-10;1-10(2)4(6)3-5(7,8)9;;;/h6H,2-5H2,1H3;5H,1-4H2;1-4H2;3H,1-2H3;3*1H/b7-6+;6-5-;;4-3+;;;. The monoisotopic (exact) mass is 795 g/mol. The summed E-state index contributed by atoms with van der Waals surface area (Å²) in [5.74, 6) is -3.91. The van der Waals surface area contributed by atoms with Gasteiger partial charge in [0.25, 0.3) is 5.95 Å². The highest BCUT2D eigenvalue weighted by Gasteiger charge is 2.38. The smallest absolute Gasteiger partial charge is 0.378 e. The van der Waals surface area contributed by atoms with E-state index in [2.05, 4.69) is 0 Å². The highest BCUT2D eigenvalue weighted by molar-refractivity contribution is 5.05. The first kappa shape index (κ1) is 54.6. The molecule has 0 aromatic rings. The summed E-state index contributed by atoms with van der Waals surface area (Å²) in [6.45, 7) is 3.33. The Morgan fingerprint density at radius 2 is 0.980 bits per heavy atom. The van der Waals surface area contributed by atoms with Crippen molar-refractivity contribution in [3.8, 4) is 0 Å². The van der Waals surface area contributed by atoms with E-state index in [1.54, 1.807) is 0 Å². The Morgan fingerprint density at radius 1 is 0.588 bits per heavy atom. The van der Waals surface area contributed by atoms with Crippen molar-refractivity contribution in [3.63, 3.8) is 0 Å². The van der Waals surface area contributed by atoms with Crippen LogP contribution in [0.1, 0.15) is 0 Å². The third-order valence-electron chi connectivity index (χ3n) is 5.99. The quantitative estimate of drug-likeness (QED) is 0.224. The van der Waals surface area contributed by atoms with E-state index in [4.69, 9.17) is 9.47 Å². The van der Waals surface area contributed by atoms with Gasteiger partial charge in [-0.1, -0.05) is 0 Å². The van der Waals surface area contributed by atoms with E-state index >= 15 is 0 Å². The Balaban J connectivity index is -0.000000286. The Kier molecular flexibility index (Phi) is 27.5. The van der Waals surface area contributed by atoms with Crippen molar-refractivity contribution >= 4 is 0 Å². The van der Waals surface area contributed by atoms with E-state index < -0.39 is 60.6 Å². The van der Waals surface area contributed by atoms with Gasteiger partial charge in [0, 0.05) is 66.5 Å². The summed E-state index contributed by atoms with van der Waals surface area (Å²) in [6, 6.07) is 0. The third kappa shape index (κ3) is 25.4. The highest BCUT2D eigenvalue weighted by Crippen LogP contribution is 2.29. The lowest BCUT2D eigenvalue weighted by atomic mass is 10.3. The molecule has 3 saturated heterocycles. The lowest BCUT2D eigenvalue weighted by molar-refractivity contribution is -0.119. The molecule has 3 rings (SSSR count). The number of likely N-dealkylation sites (N-methyl/N-ethyl adjacent to an activating group) is 1. The number of alkyl halides is 9. The predicted molar refractivity (Wildman–Crippen MR) is 151 cm³/mol. The maximum absolute atomic E-state index is 13.0. The zero-order chi connectivity index (χ0) is 37.3. The van der Waals surface area contributed by atoms with Crippen molar-refractivity contribution in [3.05, 3.63) is 48.1 Å². The first-order chi connectivity index (χ1) is 22.0. The van der Waals surface area contributed by atoms with Crippen LogP contribution in [0.4, 0.5) is 80.0 Å². The van der Waals surface area contributed by atoms with Gasteiger partial charge in [-0.3, -0.25) is 14.1 Å². The summed E-state index contributed by atoms with van der Waals surface area (Å²) in [4.78, 5) is 5.70. The molecule has 0 radical (unpaired) electrons. The summed E-state index contributed by atoms with van der Waals surface area (Å²) < 4.78 is 188. The largest absolute Gasteiger partial charge is 0.433 e. The van der Waals surface area contributed by atoms with Crippen molar-refractivity contribution in [1.29, 1.82) is 0 Å². The van der Waals surface area contributed by atoms with Crippen LogP contribution < -0.4 is 0 Å². The molecular formula is C26H39F18N5O2. The van der Waals surface area contributed by atoms with Crippen molar-refractivity contribution in [2.24, 2.45) is 0 Å². The lowest BCUT2D eigenvalue weighted by Gasteiger charge is -2.32. The minimum Gasteiger partial charge on any atom is -0.378 e. The van der Waals surface area contributed by atoms with Crippen LogP contribution in [0.2, 0.25) is 0 Å². The topological polar surface area (TPSA) is 34.7 Å². The van der Waals surface area contributed by atoms with E-state index in [0.29, 0.717) is 39.4 Å². The molecule has 0 bridgehead atoms. The van der Waals surface area contributed by atoms with Crippen LogP contribution in [-0.2, 0) is 9.47 Å². The van der Waals surface area contributed by atoms with Crippen LogP contribution in [0.5, 0.6) is 0 Å². The van der Waals surface area contributed by atoms with Crippen LogP contribution in [0.3, 0.4) is 0 Å². The average molecular weight is 796 g/mol. The zero-order valence-corrected chi connectivity index (χ0v) is 27.2. The molecule has 7 nitrogen and oxygen atoms in total. The van der Waals surface area contributed by atoms with Gasteiger partial charge in [0.05, 0.1) is 38.6 Å². The second kappa shape index (κ2) is 25.7. The average Bonchev–Trinajstić information content (AvgIpc) is 2.97. The van der Waals surface area contributed by atoms with Gasteiger partial charge in [-0.25, -0.2) is 4.39 Å². The Bertz CT molecular complexity index is 1040. The van der Waals surface area contributed by atoms with Gasteiger partial charge in [-0.05, 0) is 7.05 Å². The molecule has 51 heavy (non-hydrogen) atoms. The zero-order valence-electron chi connectivity index (χ0n) is 27.2. The molecule has 0 unspecified atom stereocenters. The number of piperazine rings is 1. The number of morpholine rings is 2. The van der Waals surface area contributed by atoms with Crippen LogP contribution in [0, 0.1) is 0 Å². The van der Waals surface area contributed by atoms with E-state index in [1.807, 2.05) is 11.9 Å². The molecule has 0 N–H and O–H groups in total.